The fourth-order valence-electron chi connectivity index (χ4n) is 2.26. The van der Waals surface area contributed by atoms with Crippen molar-refractivity contribution in [3.63, 3.8) is 0 Å². The molecule has 1 aromatic rings. The number of pyridine rings is 1. The smallest absolute Gasteiger partial charge is 0.337 e. The Bertz CT molecular complexity index is 514. The molecule has 5 heteroatoms. The second-order valence-corrected chi connectivity index (χ2v) is 4.47. The summed E-state index contributed by atoms with van der Waals surface area (Å²) in [7, 11) is 0. The molecule has 0 radical (unpaired) electrons. The van der Waals surface area contributed by atoms with E-state index in [0.29, 0.717) is 17.0 Å². The van der Waals surface area contributed by atoms with Gasteiger partial charge in [0.1, 0.15) is 6.07 Å². The molecule has 1 aromatic heterocycles. The fourth-order valence-corrected chi connectivity index (χ4v) is 2.26. The molecule has 0 bridgehead atoms. The molecule has 1 aliphatic heterocycles. The van der Waals surface area contributed by atoms with Gasteiger partial charge in [-0.2, -0.15) is 5.26 Å². The molecule has 0 aromatic carbocycles. The van der Waals surface area contributed by atoms with Crippen LogP contribution in [-0.4, -0.2) is 22.6 Å². The van der Waals surface area contributed by atoms with Crippen molar-refractivity contribution in [1.29, 1.82) is 5.26 Å². The highest BCUT2D eigenvalue weighted by molar-refractivity contribution is 5.89. The molecule has 1 aliphatic rings. The van der Waals surface area contributed by atoms with Gasteiger partial charge in [-0.15, -0.1) is 0 Å². The molecular formula is C13H15N3O2. The van der Waals surface area contributed by atoms with Gasteiger partial charge in [0.05, 0.1) is 28.6 Å². The number of carbonyl (C=O) groups is 1. The molecule has 0 saturated carbocycles. The van der Waals surface area contributed by atoms with Crippen molar-refractivity contribution in [2.24, 2.45) is 0 Å². The molecule has 1 unspecified atom stereocenters. The van der Waals surface area contributed by atoms with E-state index in [0.717, 1.165) is 25.8 Å². The number of piperidine rings is 1. The van der Waals surface area contributed by atoms with E-state index in [2.05, 4.69) is 10.3 Å². The van der Waals surface area contributed by atoms with Gasteiger partial charge in [0.15, 0.2) is 0 Å². The van der Waals surface area contributed by atoms with E-state index < -0.39 is 5.97 Å². The third-order valence-corrected chi connectivity index (χ3v) is 3.23. The van der Waals surface area contributed by atoms with Gasteiger partial charge in [0.2, 0.25) is 0 Å². The Kier molecular flexibility index (Phi) is 3.58. The zero-order chi connectivity index (χ0) is 13.1. The first kappa shape index (κ1) is 12.5. The van der Waals surface area contributed by atoms with E-state index in [1.165, 1.54) is 6.07 Å². The summed E-state index contributed by atoms with van der Waals surface area (Å²) < 4.78 is 0. The fraction of sp³-hybridized carbons (Fsp3) is 0.462. The first-order valence-electron chi connectivity index (χ1n) is 6.02. The molecule has 2 N–H and O–H groups in total. The number of aromatic nitrogens is 1. The molecule has 2 rings (SSSR count). The second-order valence-electron chi connectivity index (χ2n) is 4.47. The summed E-state index contributed by atoms with van der Waals surface area (Å²) in [5.74, 6) is -1.03. The van der Waals surface area contributed by atoms with Crippen molar-refractivity contribution in [2.75, 3.05) is 6.54 Å². The van der Waals surface area contributed by atoms with Crippen molar-refractivity contribution in [1.82, 2.24) is 10.3 Å². The predicted molar refractivity (Wildman–Crippen MR) is 65.2 cm³/mol. The van der Waals surface area contributed by atoms with Crippen LogP contribution in [0.15, 0.2) is 6.07 Å². The number of nitriles is 1. The number of aromatic carboxylic acids is 1. The predicted octanol–water partition coefficient (Wildman–Crippen LogP) is 1.77. The molecule has 0 spiro atoms. The van der Waals surface area contributed by atoms with E-state index in [-0.39, 0.29) is 11.6 Å². The van der Waals surface area contributed by atoms with Crippen LogP contribution >= 0.6 is 0 Å². The Hall–Kier alpha value is -1.93. The average Bonchev–Trinajstić information content (AvgIpc) is 2.39. The van der Waals surface area contributed by atoms with Crippen LogP contribution in [0.5, 0.6) is 0 Å². The van der Waals surface area contributed by atoms with E-state index in [4.69, 9.17) is 5.26 Å². The summed E-state index contributed by atoms with van der Waals surface area (Å²) in [4.78, 5) is 15.6. The Morgan fingerprint density at radius 1 is 1.61 bits per heavy atom. The van der Waals surface area contributed by atoms with Gasteiger partial charge in [-0.3, -0.25) is 4.98 Å². The van der Waals surface area contributed by atoms with Crippen molar-refractivity contribution in [3.8, 4) is 6.07 Å². The Balaban J connectivity index is 2.47. The van der Waals surface area contributed by atoms with Crippen molar-refractivity contribution in [3.05, 3.63) is 28.6 Å². The quantitative estimate of drug-likeness (QED) is 0.829. The minimum atomic E-state index is -1.03. The SMILES string of the molecule is Cc1nc(C2CCCCN2)c(C(=O)O)cc1C#N. The molecule has 1 atom stereocenters. The molecule has 18 heavy (non-hydrogen) atoms. The van der Waals surface area contributed by atoms with Gasteiger partial charge in [-0.05, 0) is 32.4 Å². The summed E-state index contributed by atoms with van der Waals surface area (Å²) in [6, 6.07) is 3.38. The Labute approximate surface area is 105 Å². The van der Waals surface area contributed by atoms with Crippen LogP contribution in [-0.2, 0) is 0 Å². The van der Waals surface area contributed by atoms with E-state index in [9.17, 15) is 9.90 Å². The lowest BCUT2D eigenvalue weighted by atomic mass is 9.96. The molecule has 0 amide bonds. The first-order chi connectivity index (χ1) is 8.63. The normalized spacial score (nSPS) is 19.2. The maximum absolute atomic E-state index is 11.3. The van der Waals surface area contributed by atoms with E-state index in [1.54, 1.807) is 6.92 Å². The second kappa shape index (κ2) is 5.15. The Morgan fingerprint density at radius 2 is 2.39 bits per heavy atom. The van der Waals surface area contributed by atoms with Gasteiger partial charge in [0, 0.05) is 0 Å². The summed E-state index contributed by atoms with van der Waals surface area (Å²) in [5.41, 5.74) is 1.60. The molecule has 5 nitrogen and oxygen atoms in total. The highest BCUT2D eigenvalue weighted by Crippen LogP contribution is 2.25. The molecule has 1 fully saturated rings. The van der Waals surface area contributed by atoms with Gasteiger partial charge in [-0.25, -0.2) is 4.79 Å². The van der Waals surface area contributed by atoms with Crippen LogP contribution in [0.4, 0.5) is 0 Å². The van der Waals surface area contributed by atoms with Crippen LogP contribution in [0.3, 0.4) is 0 Å². The summed E-state index contributed by atoms with van der Waals surface area (Å²) >= 11 is 0. The summed E-state index contributed by atoms with van der Waals surface area (Å²) in [5, 5.41) is 21.4. The maximum Gasteiger partial charge on any atom is 0.337 e. The third-order valence-electron chi connectivity index (χ3n) is 3.23. The van der Waals surface area contributed by atoms with Gasteiger partial charge >= 0.3 is 5.97 Å². The maximum atomic E-state index is 11.3. The number of carboxylic acid groups (broad SMARTS) is 1. The lowest BCUT2D eigenvalue weighted by molar-refractivity contribution is 0.0693. The number of hydrogen-bond donors (Lipinski definition) is 2. The zero-order valence-electron chi connectivity index (χ0n) is 10.2. The molecular weight excluding hydrogens is 230 g/mol. The van der Waals surface area contributed by atoms with Gasteiger partial charge in [-0.1, -0.05) is 6.42 Å². The monoisotopic (exact) mass is 245 g/mol. The largest absolute Gasteiger partial charge is 0.478 e. The van der Waals surface area contributed by atoms with Gasteiger partial charge < -0.3 is 10.4 Å². The molecule has 94 valence electrons. The first-order valence-corrected chi connectivity index (χ1v) is 6.02. The minimum absolute atomic E-state index is 0.0173. The van der Waals surface area contributed by atoms with Crippen LogP contribution in [0.2, 0.25) is 0 Å². The van der Waals surface area contributed by atoms with Crippen LogP contribution in [0, 0.1) is 18.3 Å². The number of carboxylic acids is 1. The molecule has 2 heterocycles. The Morgan fingerprint density at radius 3 is 2.94 bits per heavy atom. The van der Waals surface area contributed by atoms with Crippen LogP contribution < -0.4 is 5.32 Å². The summed E-state index contributed by atoms with van der Waals surface area (Å²) in [6.45, 7) is 2.61. The third kappa shape index (κ3) is 2.34. The van der Waals surface area contributed by atoms with Crippen LogP contribution in [0.1, 0.15) is 52.6 Å². The molecule has 1 saturated heterocycles. The standard InChI is InChI=1S/C13H15N3O2/c1-8-9(7-14)6-10(13(17)18)12(16-8)11-4-2-3-5-15-11/h6,11,15H,2-5H2,1H3,(H,17,18). The number of nitrogens with zero attached hydrogens (tertiary/aromatic N) is 2. The van der Waals surface area contributed by atoms with Crippen molar-refractivity contribution in [2.45, 2.75) is 32.2 Å². The molecule has 0 aliphatic carbocycles. The average molecular weight is 245 g/mol. The lowest BCUT2D eigenvalue weighted by Crippen LogP contribution is -2.29. The number of aryl methyl sites for hydroxylation is 1. The highest BCUT2D eigenvalue weighted by Gasteiger charge is 2.23. The van der Waals surface area contributed by atoms with Crippen molar-refractivity contribution < 1.29 is 9.90 Å². The number of rotatable bonds is 2. The van der Waals surface area contributed by atoms with Crippen LogP contribution in [0.25, 0.3) is 0 Å². The number of nitrogens with one attached hydrogen (secondary N) is 1. The van der Waals surface area contributed by atoms with E-state index >= 15 is 0 Å². The van der Waals surface area contributed by atoms with Gasteiger partial charge in [0.25, 0.3) is 0 Å². The number of hydrogen-bond acceptors (Lipinski definition) is 4. The minimum Gasteiger partial charge on any atom is -0.478 e. The summed E-state index contributed by atoms with van der Waals surface area (Å²) in [6.07, 6.45) is 3.06. The highest BCUT2D eigenvalue weighted by atomic mass is 16.4. The van der Waals surface area contributed by atoms with E-state index in [1.807, 2.05) is 6.07 Å². The topological polar surface area (TPSA) is 86.0 Å². The van der Waals surface area contributed by atoms with Crippen molar-refractivity contribution >= 4 is 5.97 Å². The lowest BCUT2D eigenvalue weighted by Gasteiger charge is -2.24. The zero-order valence-corrected chi connectivity index (χ0v) is 10.2.